The molecule has 0 atom stereocenters. The lowest BCUT2D eigenvalue weighted by atomic mass is 10.0. The fourth-order valence-electron chi connectivity index (χ4n) is 1.18. The van der Waals surface area contributed by atoms with E-state index in [1.54, 1.807) is 13.0 Å². The van der Waals surface area contributed by atoms with E-state index < -0.39 is 14.8 Å². The first kappa shape index (κ1) is 12.0. The fourth-order valence-corrected chi connectivity index (χ4v) is 2.17. The van der Waals surface area contributed by atoms with Gasteiger partial charge >= 0.3 is 0 Å². The molecule has 0 spiro atoms. The minimum Gasteiger partial charge on any atom is -0.293 e. The van der Waals surface area contributed by atoms with E-state index in [0.29, 0.717) is 6.42 Å². The molecule has 1 aliphatic rings. The van der Waals surface area contributed by atoms with Crippen LogP contribution in [-0.4, -0.2) is 14.2 Å². The van der Waals surface area contributed by atoms with Crippen molar-refractivity contribution >= 4 is 25.5 Å². The molecule has 0 aromatic carbocycles. The van der Waals surface area contributed by atoms with Crippen LogP contribution in [0.2, 0.25) is 0 Å². The predicted octanol–water partition coefficient (Wildman–Crippen LogP) is 1.75. The summed E-state index contributed by atoms with van der Waals surface area (Å²) in [6.07, 6.45) is 3.38. The molecule has 3 nitrogen and oxygen atoms in total. The molecule has 0 amide bonds. The SMILES string of the molecule is CC#CCC1=CC=C(S(=O)(=O)Cl)C(=O)C1. The van der Waals surface area contributed by atoms with Crippen LogP contribution in [0.3, 0.4) is 0 Å². The van der Waals surface area contributed by atoms with Gasteiger partial charge in [-0.15, -0.1) is 5.92 Å². The summed E-state index contributed by atoms with van der Waals surface area (Å²) in [5.41, 5.74) is 0.804. The first-order valence-electron chi connectivity index (χ1n) is 4.22. The van der Waals surface area contributed by atoms with Crippen LogP contribution in [-0.2, 0) is 13.8 Å². The van der Waals surface area contributed by atoms with Gasteiger partial charge in [-0.1, -0.05) is 17.6 Å². The van der Waals surface area contributed by atoms with Crippen molar-refractivity contribution in [1.82, 2.24) is 0 Å². The highest BCUT2D eigenvalue weighted by molar-refractivity contribution is 8.17. The van der Waals surface area contributed by atoms with Crippen LogP contribution >= 0.6 is 10.7 Å². The Kier molecular flexibility index (Phi) is 3.72. The number of carbonyl (C=O) groups is 1. The lowest BCUT2D eigenvalue weighted by Gasteiger charge is -2.09. The molecule has 0 aliphatic heterocycles. The maximum absolute atomic E-state index is 11.4. The van der Waals surface area contributed by atoms with Crippen LogP contribution in [0.1, 0.15) is 19.8 Å². The molecule has 80 valence electrons. The van der Waals surface area contributed by atoms with E-state index in [1.807, 2.05) is 0 Å². The smallest absolute Gasteiger partial charge is 0.264 e. The van der Waals surface area contributed by atoms with Gasteiger partial charge in [0.2, 0.25) is 0 Å². The highest BCUT2D eigenvalue weighted by Gasteiger charge is 2.24. The molecule has 0 unspecified atom stereocenters. The highest BCUT2D eigenvalue weighted by atomic mass is 35.7. The minimum absolute atomic E-state index is 0.0759. The minimum atomic E-state index is -3.92. The van der Waals surface area contributed by atoms with Gasteiger partial charge in [0.05, 0.1) is 0 Å². The van der Waals surface area contributed by atoms with Gasteiger partial charge in [0.1, 0.15) is 4.91 Å². The van der Waals surface area contributed by atoms with Crippen LogP contribution < -0.4 is 0 Å². The Labute approximate surface area is 93.2 Å². The van der Waals surface area contributed by atoms with E-state index in [-0.39, 0.29) is 11.3 Å². The number of ketones is 1. The molecule has 0 N–H and O–H groups in total. The van der Waals surface area contributed by atoms with Crippen LogP contribution in [0.25, 0.3) is 0 Å². The molecule has 5 heteroatoms. The van der Waals surface area contributed by atoms with Gasteiger partial charge in [-0.25, -0.2) is 8.42 Å². The molecule has 0 saturated heterocycles. The standard InChI is InChI=1S/C10H9ClO3S/c1-2-3-4-8-5-6-10(9(12)7-8)15(11,13)14/h5-6H,4,7H2,1H3. The van der Waals surface area contributed by atoms with Crippen molar-refractivity contribution in [2.24, 2.45) is 0 Å². The summed E-state index contributed by atoms with van der Waals surface area (Å²) in [6.45, 7) is 1.70. The van der Waals surface area contributed by atoms with Gasteiger partial charge in [-0.05, 0) is 13.0 Å². The number of halogens is 1. The van der Waals surface area contributed by atoms with Crippen molar-refractivity contribution < 1.29 is 13.2 Å². The summed E-state index contributed by atoms with van der Waals surface area (Å²) in [4.78, 5) is 11.1. The van der Waals surface area contributed by atoms with Gasteiger partial charge in [-0.3, -0.25) is 4.79 Å². The van der Waals surface area contributed by atoms with Gasteiger partial charge < -0.3 is 0 Å². The van der Waals surface area contributed by atoms with E-state index in [4.69, 9.17) is 10.7 Å². The number of rotatable bonds is 2. The maximum Gasteiger partial charge on any atom is 0.264 e. The molecule has 1 rings (SSSR count). The Balaban J connectivity index is 2.97. The van der Waals surface area contributed by atoms with Crippen molar-refractivity contribution in [3.63, 3.8) is 0 Å². The third-order valence-electron chi connectivity index (χ3n) is 1.89. The average molecular weight is 245 g/mol. The molecule has 1 aliphatic carbocycles. The van der Waals surface area contributed by atoms with Gasteiger partial charge in [0, 0.05) is 23.5 Å². The van der Waals surface area contributed by atoms with Gasteiger partial charge in [0.15, 0.2) is 5.78 Å². The van der Waals surface area contributed by atoms with Crippen LogP contribution in [0.5, 0.6) is 0 Å². The second kappa shape index (κ2) is 4.65. The molecular weight excluding hydrogens is 236 g/mol. The molecule has 15 heavy (non-hydrogen) atoms. The molecule has 0 aromatic heterocycles. The number of hydrogen-bond acceptors (Lipinski definition) is 3. The van der Waals surface area contributed by atoms with Crippen LogP contribution in [0.4, 0.5) is 0 Å². The topological polar surface area (TPSA) is 51.2 Å². The fraction of sp³-hybridized carbons (Fsp3) is 0.300. The van der Waals surface area contributed by atoms with Crippen LogP contribution in [0, 0.1) is 11.8 Å². The second-order valence-electron chi connectivity index (χ2n) is 3.00. The quantitative estimate of drug-likeness (QED) is 0.549. The summed E-state index contributed by atoms with van der Waals surface area (Å²) in [5, 5.41) is 0. The van der Waals surface area contributed by atoms with Gasteiger partial charge in [0.25, 0.3) is 9.05 Å². The highest BCUT2D eigenvalue weighted by Crippen LogP contribution is 2.23. The summed E-state index contributed by atoms with van der Waals surface area (Å²) in [5.74, 6) is 5.04. The number of carbonyl (C=O) groups excluding carboxylic acids is 1. The van der Waals surface area contributed by atoms with Crippen molar-refractivity contribution in [1.29, 1.82) is 0 Å². The summed E-state index contributed by atoms with van der Waals surface area (Å²) < 4.78 is 21.9. The Morgan fingerprint density at radius 1 is 1.47 bits per heavy atom. The molecule has 0 heterocycles. The lowest BCUT2D eigenvalue weighted by Crippen LogP contribution is -2.12. The molecule has 0 bridgehead atoms. The Morgan fingerprint density at radius 3 is 2.60 bits per heavy atom. The number of allylic oxidation sites excluding steroid dienone is 4. The first-order chi connectivity index (χ1) is 6.95. The lowest BCUT2D eigenvalue weighted by molar-refractivity contribution is -0.114. The summed E-state index contributed by atoms with van der Waals surface area (Å²) in [6, 6.07) is 0. The zero-order valence-electron chi connectivity index (χ0n) is 8.08. The number of Topliss-reactive ketones (excluding diaryl/α,β-unsaturated/α-hetero) is 1. The number of hydrogen-bond donors (Lipinski definition) is 0. The maximum atomic E-state index is 11.4. The summed E-state index contributed by atoms with van der Waals surface area (Å²) in [7, 11) is 1.17. The van der Waals surface area contributed by atoms with Crippen molar-refractivity contribution in [3.05, 3.63) is 22.6 Å². The van der Waals surface area contributed by atoms with Gasteiger partial charge in [-0.2, -0.15) is 0 Å². The second-order valence-corrected chi connectivity index (χ2v) is 5.53. The van der Waals surface area contributed by atoms with Crippen molar-refractivity contribution in [2.75, 3.05) is 0 Å². The molecule has 0 radical (unpaired) electrons. The van der Waals surface area contributed by atoms with Crippen LogP contribution in [0.15, 0.2) is 22.6 Å². The van der Waals surface area contributed by atoms with E-state index >= 15 is 0 Å². The Hall–Kier alpha value is -1.05. The normalized spacial score (nSPS) is 16.3. The van der Waals surface area contributed by atoms with E-state index in [0.717, 1.165) is 5.57 Å². The molecule has 0 aromatic rings. The molecule has 0 saturated carbocycles. The average Bonchev–Trinajstić information content (AvgIpc) is 2.12. The Bertz CT molecular complexity index is 501. The van der Waals surface area contributed by atoms with Crippen molar-refractivity contribution in [2.45, 2.75) is 19.8 Å². The first-order valence-corrected chi connectivity index (χ1v) is 6.53. The zero-order valence-corrected chi connectivity index (χ0v) is 9.65. The summed E-state index contributed by atoms with van der Waals surface area (Å²) >= 11 is 0. The van der Waals surface area contributed by atoms with Crippen molar-refractivity contribution in [3.8, 4) is 11.8 Å². The molecule has 0 fully saturated rings. The van der Waals surface area contributed by atoms with E-state index in [1.165, 1.54) is 6.08 Å². The largest absolute Gasteiger partial charge is 0.293 e. The third-order valence-corrected chi connectivity index (χ3v) is 3.28. The monoisotopic (exact) mass is 244 g/mol. The molecular formula is C10H9ClO3S. The van der Waals surface area contributed by atoms with E-state index in [9.17, 15) is 13.2 Å². The Morgan fingerprint density at radius 2 is 2.13 bits per heavy atom. The predicted molar refractivity (Wildman–Crippen MR) is 58.6 cm³/mol. The third kappa shape index (κ3) is 3.22. The zero-order chi connectivity index (χ0) is 11.5. The van der Waals surface area contributed by atoms with E-state index in [2.05, 4.69) is 11.8 Å².